The fourth-order valence-electron chi connectivity index (χ4n) is 2.81. The van der Waals surface area contributed by atoms with Crippen molar-refractivity contribution in [3.63, 3.8) is 0 Å². The molecule has 1 aromatic rings. The molecular weight excluding hydrogens is 318 g/mol. The summed E-state index contributed by atoms with van der Waals surface area (Å²) in [6, 6.07) is 9.89. The molecule has 6 heteroatoms. The number of alkyl carbamates (subject to hydrolysis) is 1. The Labute approximate surface area is 149 Å². The van der Waals surface area contributed by atoms with Gasteiger partial charge in [0.25, 0.3) is 0 Å². The molecule has 25 heavy (non-hydrogen) atoms. The van der Waals surface area contributed by atoms with Crippen LogP contribution in [0.3, 0.4) is 0 Å². The van der Waals surface area contributed by atoms with Crippen LogP contribution in [0.2, 0.25) is 0 Å². The lowest BCUT2D eigenvalue weighted by Gasteiger charge is -2.31. The fraction of sp³-hybridized carbons (Fsp3) is 0.579. The number of carbonyl (C=O) groups excluding carboxylic acids is 2. The van der Waals surface area contributed by atoms with Crippen molar-refractivity contribution in [2.45, 2.75) is 32.8 Å². The zero-order valence-electron chi connectivity index (χ0n) is 15.4. The Morgan fingerprint density at radius 1 is 1.20 bits per heavy atom. The highest BCUT2D eigenvalue weighted by molar-refractivity contribution is 5.80. The maximum atomic E-state index is 12.9. The van der Waals surface area contributed by atoms with Crippen LogP contribution in [0, 0.1) is 5.92 Å². The topological polar surface area (TPSA) is 70.7 Å². The van der Waals surface area contributed by atoms with Crippen LogP contribution in [0.4, 0.5) is 4.79 Å². The van der Waals surface area contributed by atoms with E-state index in [0.29, 0.717) is 19.5 Å². The van der Waals surface area contributed by atoms with Crippen molar-refractivity contribution < 1.29 is 14.3 Å². The average molecular weight is 347 g/mol. The molecule has 0 spiro atoms. The van der Waals surface area contributed by atoms with Crippen LogP contribution >= 0.6 is 0 Å². The van der Waals surface area contributed by atoms with E-state index in [-0.39, 0.29) is 18.4 Å². The van der Waals surface area contributed by atoms with Gasteiger partial charge in [-0.1, -0.05) is 30.3 Å². The summed E-state index contributed by atoms with van der Waals surface area (Å²) in [4.78, 5) is 26.7. The van der Waals surface area contributed by atoms with Gasteiger partial charge in [-0.05, 0) is 32.8 Å². The Bertz CT molecular complexity index is 563. The number of piperazine rings is 1. The van der Waals surface area contributed by atoms with Crippen LogP contribution in [-0.4, -0.2) is 55.2 Å². The molecule has 1 fully saturated rings. The molecule has 1 saturated heterocycles. The molecule has 1 unspecified atom stereocenters. The first-order chi connectivity index (χ1) is 11.8. The molecule has 2 amide bonds. The first kappa shape index (κ1) is 19.2. The van der Waals surface area contributed by atoms with Crippen molar-refractivity contribution in [1.29, 1.82) is 0 Å². The molecule has 1 aromatic carbocycles. The maximum Gasteiger partial charge on any atom is 0.407 e. The predicted molar refractivity (Wildman–Crippen MR) is 97.3 cm³/mol. The molecule has 1 heterocycles. The van der Waals surface area contributed by atoms with Crippen molar-refractivity contribution in [3.05, 3.63) is 35.9 Å². The number of hydrogen-bond acceptors (Lipinski definition) is 4. The summed E-state index contributed by atoms with van der Waals surface area (Å²) in [5.41, 5.74) is 0.531. The molecule has 1 aliphatic rings. The molecule has 6 nitrogen and oxygen atoms in total. The van der Waals surface area contributed by atoms with Crippen LogP contribution in [0.15, 0.2) is 30.3 Å². The second-order valence-electron chi connectivity index (χ2n) is 7.34. The lowest BCUT2D eigenvalue weighted by molar-refractivity contribution is -0.135. The number of rotatable bonds is 5. The van der Waals surface area contributed by atoms with Gasteiger partial charge in [0, 0.05) is 32.7 Å². The van der Waals surface area contributed by atoms with Gasteiger partial charge >= 0.3 is 6.09 Å². The minimum atomic E-state index is -0.554. The standard InChI is InChI=1S/C19H29N3O3/c1-19(2,3)25-18(24)21-14-16(13-15-7-5-4-6-8-15)17(23)22-11-9-20-10-12-22/h4-8,16,20H,9-14H2,1-3H3,(H,21,24). The maximum absolute atomic E-state index is 12.9. The number of ether oxygens (including phenoxy) is 1. The van der Waals surface area contributed by atoms with Crippen LogP contribution in [0.5, 0.6) is 0 Å². The van der Waals surface area contributed by atoms with Gasteiger partial charge in [-0.15, -0.1) is 0 Å². The van der Waals surface area contributed by atoms with Crippen molar-refractivity contribution in [3.8, 4) is 0 Å². The Balaban J connectivity index is 2.00. The summed E-state index contributed by atoms with van der Waals surface area (Å²) in [5, 5.41) is 6.01. The normalized spacial score (nSPS) is 16.2. The van der Waals surface area contributed by atoms with Gasteiger partial charge in [0.05, 0.1) is 5.92 Å². The number of carbonyl (C=O) groups is 2. The molecule has 1 atom stereocenters. The van der Waals surface area contributed by atoms with Gasteiger partial charge in [-0.2, -0.15) is 0 Å². The van der Waals surface area contributed by atoms with E-state index in [0.717, 1.165) is 18.7 Å². The molecule has 2 rings (SSSR count). The van der Waals surface area contributed by atoms with Crippen LogP contribution in [0.1, 0.15) is 26.3 Å². The Hall–Kier alpha value is -2.08. The first-order valence-corrected chi connectivity index (χ1v) is 8.85. The third kappa shape index (κ3) is 6.74. The second kappa shape index (κ2) is 8.85. The van der Waals surface area contributed by atoms with E-state index in [1.54, 1.807) is 0 Å². The lowest BCUT2D eigenvalue weighted by Crippen LogP contribution is -2.50. The summed E-state index contributed by atoms with van der Waals surface area (Å²) in [6.07, 6.45) is 0.109. The SMILES string of the molecule is CC(C)(C)OC(=O)NCC(Cc1ccccc1)C(=O)N1CCNCC1. The molecular formula is C19H29N3O3. The average Bonchev–Trinajstić information content (AvgIpc) is 2.58. The molecule has 138 valence electrons. The number of amides is 2. The smallest absolute Gasteiger partial charge is 0.407 e. The van der Waals surface area contributed by atoms with E-state index in [2.05, 4.69) is 10.6 Å². The van der Waals surface area contributed by atoms with Crippen molar-refractivity contribution in [2.24, 2.45) is 5.92 Å². The molecule has 0 aliphatic carbocycles. The van der Waals surface area contributed by atoms with E-state index in [4.69, 9.17) is 4.74 Å². The molecule has 0 radical (unpaired) electrons. The summed E-state index contributed by atoms with van der Waals surface area (Å²) < 4.78 is 5.28. The van der Waals surface area contributed by atoms with Crippen molar-refractivity contribution in [1.82, 2.24) is 15.5 Å². The fourth-order valence-corrected chi connectivity index (χ4v) is 2.81. The molecule has 2 N–H and O–H groups in total. The zero-order valence-corrected chi connectivity index (χ0v) is 15.4. The Morgan fingerprint density at radius 2 is 1.84 bits per heavy atom. The largest absolute Gasteiger partial charge is 0.444 e. The van der Waals surface area contributed by atoms with Gasteiger partial charge in [0.2, 0.25) is 5.91 Å². The quantitative estimate of drug-likeness (QED) is 0.852. The van der Waals surface area contributed by atoms with E-state index in [1.807, 2.05) is 56.0 Å². The summed E-state index contributed by atoms with van der Waals surface area (Å²) in [6.45, 7) is 8.76. The number of nitrogens with zero attached hydrogens (tertiary/aromatic N) is 1. The molecule has 0 aromatic heterocycles. The Kier molecular flexibility index (Phi) is 6.82. The first-order valence-electron chi connectivity index (χ1n) is 8.85. The van der Waals surface area contributed by atoms with Gasteiger partial charge in [-0.25, -0.2) is 4.79 Å². The highest BCUT2D eigenvalue weighted by Crippen LogP contribution is 2.13. The highest BCUT2D eigenvalue weighted by atomic mass is 16.6. The van der Waals surface area contributed by atoms with Crippen LogP contribution in [-0.2, 0) is 16.0 Å². The van der Waals surface area contributed by atoms with Crippen LogP contribution in [0.25, 0.3) is 0 Å². The van der Waals surface area contributed by atoms with Gasteiger partial charge < -0.3 is 20.3 Å². The van der Waals surface area contributed by atoms with Gasteiger partial charge in [-0.3, -0.25) is 4.79 Å². The molecule has 0 bridgehead atoms. The van der Waals surface area contributed by atoms with Gasteiger partial charge in [0.1, 0.15) is 5.60 Å². The van der Waals surface area contributed by atoms with E-state index in [1.165, 1.54) is 0 Å². The molecule has 0 saturated carbocycles. The van der Waals surface area contributed by atoms with Crippen LogP contribution < -0.4 is 10.6 Å². The number of hydrogen-bond donors (Lipinski definition) is 2. The number of nitrogens with one attached hydrogen (secondary N) is 2. The third-order valence-corrected chi connectivity index (χ3v) is 3.99. The third-order valence-electron chi connectivity index (χ3n) is 3.99. The summed E-state index contributed by atoms with van der Waals surface area (Å²) in [7, 11) is 0. The van der Waals surface area contributed by atoms with E-state index < -0.39 is 11.7 Å². The second-order valence-corrected chi connectivity index (χ2v) is 7.34. The van der Waals surface area contributed by atoms with E-state index in [9.17, 15) is 9.59 Å². The summed E-state index contributed by atoms with van der Waals surface area (Å²) in [5.74, 6) is -0.213. The highest BCUT2D eigenvalue weighted by Gasteiger charge is 2.27. The predicted octanol–water partition coefficient (Wildman–Crippen LogP) is 1.80. The minimum absolute atomic E-state index is 0.0846. The molecule has 1 aliphatic heterocycles. The Morgan fingerprint density at radius 3 is 2.44 bits per heavy atom. The number of benzene rings is 1. The monoisotopic (exact) mass is 347 g/mol. The van der Waals surface area contributed by atoms with Crippen molar-refractivity contribution in [2.75, 3.05) is 32.7 Å². The zero-order chi connectivity index (χ0) is 18.3. The minimum Gasteiger partial charge on any atom is -0.444 e. The summed E-state index contributed by atoms with van der Waals surface area (Å²) >= 11 is 0. The lowest BCUT2D eigenvalue weighted by atomic mass is 9.97. The van der Waals surface area contributed by atoms with Crippen molar-refractivity contribution >= 4 is 12.0 Å². The van der Waals surface area contributed by atoms with Gasteiger partial charge in [0.15, 0.2) is 0 Å². The van der Waals surface area contributed by atoms with E-state index >= 15 is 0 Å².